The van der Waals surface area contributed by atoms with Crippen LogP contribution in [0.4, 0.5) is 5.69 Å². The smallest absolute Gasteiger partial charge is 0.316 e. The van der Waals surface area contributed by atoms with Gasteiger partial charge in [-0.05, 0) is 37.1 Å². The number of hydrogen-bond donors (Lipinski definition) is 0. The molecule has 8 heteroatoms. The van der Waals surface area contributed by atoms with Crippen molar-refractivity contribution in [3.05, 3.63) is 52.8 Å². The summed E-state index contributed by atoms with van der Waals surface area (Å²) in [6.45, 7) is 4.52. The van der Waals surface area contributed by atoms with Gasteiger partial charge in [0, 0.05) is 50.6 Å². The lowest BCUT2D eigenvalue weighted by molar-refractivity contribution is 0.245. The van der Waals surface area contributed by atoms with Crippen molar-refractivity contribution in [2.45, 2.75) is 38.3 Å². The minimum atomic E-state index is 0.0912. The molecule has 0 bridgehead atoms. The van der Waals surface area contributed by atoms with Gasteiger partial charge >= 0.3 is 6.01 Å². The van der Waals surface area contributed by atoms with Gasteiger partial charge in [0.1, 0.15) is 0 Å². The topological polar surface area (TPSA) is 76.4 Å². The van der Waals surface area contributed by atoms with E-state index in [1.54, 1.807) is 19.6 Å². The number of ether oxygens (including phenoxy) is 1. The third kappa shape index (κ3) is 4.12. The van der Waals surface area contributed by atoms with Gasteiger partial charge in [-0.3, -0.25) is 14.3 Å². The first-order valence-electron chi connectivity index (χ1n) is 11.1. The number of piperazine rings is 1. The van der Waals surface area contributed by atoms with Gasteiger partial charge in [-0.25, -0.2) is 9.97 Å². The maximum Gasteiger partial charge on any atom is 0.316 e. The number of nitrogens with zero attached hydrogens (tertiary/aromatic N) is 6. The molecule has 0 spiro atoms. The zero-order valence-corrected chi connectivity index (χ0v) is 17.9. The fourth-order valence-electron chi connectivity index (χ4n) is 4.72. The van der Waals surface area contributed by atoms with Gasteiger partial charge in [0.25, 0.3) is 5.56 Å². The summed E-state index contributed by atoms with van der Waals surface area (Å²) in [5.41, 5.74) is 2.97. The number of anilines is 1. The second kappa shape index (κ2) is 8.63. The number of aromatic nitrogens is 4. The average molecular weight is 421 g/mol. The van der Waals surface area contributed by atoms with E-state index in [-0.39, 0.29) is 5.56 Å². The standard InChI is InChI=1S/C23H28N6O2/c1-31-23-24-9-8-17(26-23)15-27-10-12-28(13-11-27)19-6-7-20-21(14-19)25-16-29(22(20)30)18-4-2-3-5-18/h6-9,14,16,18H,2-5,10-13,15H2,1H3. The van der Waals surface area contributed by atoms with Crippen LogP contribution in [-0.2, 0) is 6.54 Å². The molecular formula is C23H28N6O2. The van der Waals surface area contributed by atoms with Gasteiger partial charge in [0.05, 0.1) is 30.0 Å². The van der Waals surface area contributed by atoms with Crippen LogP contribution < -0.4 is 15.2 Å². The Morgan fingerprint density at radius 2 is 1.87 bits per heavy atom. The maximum atomic E-state index is 12.9. The van der Waals surface area contributed by atoms with Crippen molar-refractivity contribution in [1.29, 1.82) is 0 Å². The molecule has 1 aromatic carbocycles. The lowest BCUT2D eigenvalue weighted by Gasteiger charge is -2.36. The molecule has 31 heavy (non-hydrogen) atoms. The van der Waals surface area contributed by atoms with Crippen molar-refractivity contribution < 1.29 is 4.74 Å². The van der Waals surface area contributed by atoms with Crippen LogP contribution in [0, 0.1) is 0 Å². The first-order chi connectivity index (χ1) is 15.2. The van der Waals surface area contributed by atoms with Crippen molar-refractivity contribution >= 4 is 16.6 Å². The Kier molecular flexibility index (Phi) is 5.55. The van der Waals surface area contributed by atoms with Crippen LogP contribution in [0.1, 0.15) is 37.4 Å². The van der Waals surface area contributed by atoms with Gasteiger partial charge in [0.15, 0.2) is 0 Å². The fourth-order valence-corrected chi connectivity index (χ4v) is 4.72. The molecule has 2 fully saturated rings. The molecule has 162 valence electrons. The fraction of sp³-hybridized carbons (Fsp3) is 0.478. The lowest BCUT2D eigenvalue weighted by atomic mass is 10.1. The first-order valence-corrected chi connectivity index (χ1v) is 11.1. The third-order valence-corrected chi connectivity index (χ3v) is 6.48. The Morgan fingerprint density at radius 1 is 1.06 bits per heavy atom. The minimum absolute atomic E-state index is 0.0912. The number of fused-ring (bicyclic) bond motifs is 1. The summed E-state index contributed by atoms with van der Waals surface area (Å²) in [5.74, 6) is 0. The Morgan fingerprint density at radius 3 is 2.65 bits per heavy atom. The summed E-state index contributed by atoms with van der Waals surface area (Å²) in [5, 5.41) is 0.717. The van der Waals surface area contributed by atoms with Crippen molar-refractivity contribution in [2.75, 3.05) is 38.2 Å². The lowest BCUT2D eigenvalue weighted by Crippen LogP contribution is -2.46. The molecule has 1 saturated carbocycles. The summed E-state index contributed by atoms with van der Waals surface area (Å²) in [6.07, 6.45) is 8.04. The molecule has 0 unspecified atom stereocenters. The molecule has 0 N–H and O–H groups in total. The molecule has 3 heterocycles. The molecule has 1 aliphatic carbocycles. The van der Waals surface area contributed by atoms with Crippen molar-refractivity contribution in [1.82, 2.24) is 24.4 Å². The molecule has 2 aromatic heterocycles. The Bertz CT molecular complexity index is 1120. The molecule has 0 amide bonds. The maximum absolute atomic E-state index is 12.9. The van der Waals surface area contributed by atoms with Gasteiger partial charge in [-0.2, -0.15) is 4.98 Å². The van der Waals surface area contributed by atoms with Crippen LogP contribution in [0.2, 0.25) is 0 Å². The number of hydrogen-bond acceptors (Lipinski definition) is 7. The van der Waals surface area contributed by atoms with E-state index in [0.29, 0.717) is 12.1 Å². The van der Waals surface area contributed by atoms with Gasteiger partial charge in [-0.1, -0.05) is 12.8 Å². The quantitative estimate of drug-likeness (QED) is 0.628. The van der Waals surface area contributed by atoms with Crippen LogP contribution in [0.5, 0.6) is 6.01 Å². The van der Waals surface area contributed by atoms with Crippen LogP contribution in [-0.4, -0.2) is 57.7 Å². The second-order valence-corrected chi connectivity index (χ2v) is 8.39. The molecule has 5 rings (SSSR count). The molecule has 8 nitrogen and oxygen atoms in total. The highest BCUT2D eigenvalue weighted by Gasteiger charge is 2.21. The van der Waals surface area contributed by atoms with Crippen LogP contribution in [0.3, 0.4) is 0 Å². The molecule has 0 atom stereocenters. The number of benzene rings is 1. The summed E-state index contributed by atoms with van der Waals surface area (Å²) in [4.78, 5) is 30.8. The normalized spacial score (nSPS) is 18.0. The second-order valence-electron chi connectivity index (χ2n) is 8.39. The van der Waals surface area contributed by atoms with Crippen molar-refractivity contribution in [3.63, 3.8) is 0 Å². The van der Waals surface area contributed by atoms with Crippen LogP contribution in [0.25, 0.3) is 10.9 Å². The van der Waals surface area contributed by atoms with E-state index >= 15 is 0 Å². The van der Waals surface area contributed by atoms with Gasteiger partial charge in [0.2, 0.25) is 0 Å². The Balaban J connectivity index is 1.27. The van der Waals surface area contributed by atoms with E-state index in [0.717, 1.165) is 67.8 Å². The summed E-state index contributed by atoms with van der Waals surface area (Å²) >= 11 is 0. The highest BCUT2D eigenvalue weighted by Crippen LogP contribution is 2.28. The largest absolute Gasteiger partial charge is 0.467 e. The van der Waals surface area contributed by atoms with E-state index in [4.69, 9.17) is 4.74 Å². The Hall–Kier alpha value is -3.00. The summed E-state index contributed by atoms with van der Waals surface area (Å²) in [7, 11) is 1.58. The molecule has 1 aliphatic heterocycles. The predicted molar refractivity (Wildman–Crippen MR) is 120 cm³/mol. The zero-order valence-electron chi connectivity index (χ0n) is 17.9. The molecule has 2 aliphatic rings. The highest BCUT2D eigenvalue weighted by molar-refractivity contribution is 5.81. The average Bonchev–Trinajstić information content (AvgIpc) is 3.34. The summed E-state index contributed by atoms with van der Waals surface area (Å²) < 4.78 is 6.96. The Labute approximate surface area is 181 Å². The highest BCUT2D eigenvalue weighted by atomic mass is 16.5. The number of rotatable bonds is 5. The molecule has 1 saturated heterocycles. The van der Waals surface area contributed by atoms with E-state index < -0.39 is 0 Å². The molecular weight excluding hydrogens is 392 g/mol. The third-order valence-electron chi connectivity index (χ3n) is 6.48. The monoisotopic (exact) mass is 420 g/mol. The van der Waals surface area contributed by atoms with Crippen LogP contribution >= 0.6 is 0 Å². The van der Waals surface area contributed by atoms with Crippen LogP contribution in [0.15, 0.2) is 41.6 Å². The van der Waals surface area contributed by atoms with Gasteiger partial charge in [-0.15, -0.1) is 0 Å². The van der Waals surface area contributed by atoms with E-state index in [9.17, 15) is 4.79 Å². The van der Waals surface area contributed by atoms with E-state index in [1.807, 2.05) is 16.7 Å². The molecule has 0 radical (unpaired) electrons. The van der Waals surface area contributed by atoms with Crippen molar-refractivity contribution in [2.24, 2.45) is 0 Å². The van der Waals surface area contributed by atoms with E-state index in [1.165, 1.54) is 12.8 Å². The van der Waals surface area contributed by atoms with Gasteiger partial charge < -0.3 is 9.64 Å². The first kappa shape index (κ1) is 19.9. The number of methoxy groups -OCH3 is 1. The molecule has 3 aromatic rings. The van der Waals surface area contributed by atoms with Crippen molar-refractivity contribution in [3.8, 4) is 6.01 Å². The minimum Gasteiger partial charge on any atom is -0.467 e. The zero-order chi connectivity index (χ0) is 21.2. The summed E-state index contributed by atoms with van der Waals surface area (Å²) in [6, 6.07) is 8.72. The van der Waals surface area contributed by atoms with E-state index in [2.05, 4.69) is 36.9 Å². The SMILES string of the molecule is COc1nccc(CN2CCN(c3ccc4c(=O)n(C5CCCC5)cnc4c3)CC2)n1. The predicted octanol–water partition coefficient (Wildman–Crippen LogP) is 2.63.